The van der Waals surface area contributed by atoms with Gasteiger partial charge in [-0.25, -0.2) is 0 Å². The lowest BCUT2D eigenvalue weighted by Crippen LogP contribution is -2.39. The van der Waals surface area contributed by atoms with Crippen LogP contribution in [0.2, 0.25) is 0 Å². The van der Waals surface area contributed by atoms with Crippen LogP contribution in [0.1, 0.15) is 33.1 Å². The molecule has 7 heteroatoms. The van der Waals surface area contributed by atoms with E-state index >= 15 is 0 Å². The fourth-order valence-corrected chi connectivity index (χ4v) is 2.31. The molecule has 1 rings (SSSR count). The monoisotopic (exact) mass is 296 g/mol. The Hall–Kier alpha value is -0.820. The van der Waals surface area contributed by atoms with Gasteiger partial charge in [0.15, 0.2) is 0 Å². The molecule has 2 atom stereocenters. The summed E-state index contributed by atoms with van der Waals surface area (Å²) in [5.74, 6) is -0.272. The normalized spacial score (nSPS) is 23.6. The molecule has 0 saturated carbocycles. The van der Waals surface area contributed by atoms with Crippen LogP contribution in [0.15, 0.2) is 0 Å². The van der Waals surface area contributed by atoms with Crippen molar-refractivity contribution in [1.29, 1.82) is 0 Å². The molecule has 0 aromatic rings. The number of hydrogen-bond donors (Lipinski definition) is 1. The number of alkyl halides is 3. The second-order valence-electron chi connectivity index (χ2n) is 5.62. The summed E-state index contributed by atoms with van der Waals surface area (Å²) >= 11 is 0. The number of carbonyl (C=O) groups is 1. The third kappa shape index (κ3) is 6.56. The van der Waals surface area contributed by atoms with Crippen LogP contribution in [0.25, 0.3) is 0 Å². The molecule has 1 aliphatic rings. The number of hydrogen-bond acceptors (Lipinski definition) is 4. The van der Waals surface area contributed by atoms with Crippen LogP contribution in [-0.2, 0) is 9.53 Å². The number of nitrogens with one attached hydrogen (secondary N) is 1. The van der Waals surface area contributed by atoms with Crippen molar-refractivity contribution >= 4 is 5.97 Å². The van der Waals surface area contributed by atoms with Gasteiger partial charge in [0.2, 0.25) is 0 Å². The van der Waals surface area contributed by atoms with Crippen molar-refractivity contribution in [2.75, 3.05) is 20.1 Å². The first-order valence-electron chi connectivity index (χ1n) is 6.89. The third-order valence-electron chi connectivity index (χ3n) is 3.19. The SMILES string of the molecule is CC(C)OC(=O)C1CCC(CCN(C)CC(F)(F)F)N1. The smallest absolute Gasteiger partial charge is 0.401 e. The van der Waals surface area contributed by atoms with Crippen LogP contribution in [-0.4, -0.2) is 55.4 Å². The molecule has 118 valence electrons. The zero-order valence-electron chi connectivity index (χ0n) is 12.2. The molecule has 0 bridgehead atoms. The minimum Gasteiger partial charge on any atom is -0.462 e. The minimum atomic E-state index is -4.17. The number of rotatable bonds is 6. The highest BCUT2D eigenvalue weighted by Gasteiger charge is 2.32. The van der Waals surface area contributed by atoms with Crippen LogP contribution >= 0.6 is 0 Å². The quantitative estimate of drug-likeness (QED) is 0.761. The van der Waals surface area contributed by atoms with Gasteiger partial charge in [0.05, 0.1) is 12.6 Å². The fourth-order valence-electron chi connectivity index (χ4n) is 2.31. The zero-order chi connectivity index (χ0) is 15.3. The number of halogens is 3. The van der Waals surface area contributed by atoms with Crippen LogP contribution in [0.4, 0.5) is 13.2 Å². The molecule has 0 amide bonds. The topological polar surface area (TPSA) is 41.6 Å². The summed E-state index contributed by atoms with van der Waals surface area (Å²) in [5, 5.41) is 3.13. The maximum Gasteiger partial charge on any atom is 0.401 e. The van der Waals surface area contributed by atoms with E-state index in [0.717, 1.165) is 6.42 Å². The molecular weight excluding hydrogens is 273 g/mol. The Morgan fingerprint density at radius 2 is 2.05 bits per heavy atom. The molecule has 0 aliphatic carbocycles. The standard InChI is InChI=1S/C13H23F3N2O2/c1-9(2)20-12(19)11-5-4-10(17-11)6-7-18(3)8-13(14,15)16/h9-11,17H,4-8H2,1-3H3. The summed E-state index contributed by atoms with van der Waals surface area (Å²) in [5.41, 5.74) is 0. The summed E-state index contributed by atoms with van der Waals surface area (Å²) in [6.45, 7) is 3.02. The maximum atomic E-state index is 12.2. The summed E-state index contributed by atoms with van der Waals surface area (Å²) in [7, 11) is 1.45. The van der Waals surface area contributed by atoms with Crippen molar-refractivity contribution in [3.63, 3.8) is 0 Å². The summed E-state index contributed by atoms with van der Waals surface area (Å²) in [6, 6.07) is -0.245. The molecule has 20 heavy (non-hydrogen) atoms. The molecule has 0 aromatic heterocycles. The van der Waals surface area contributed by atoms with Crippen molar-refractivity contribution in [2.45, 2.75) is 57.5 Å². The lowest BCUT2D eigenvalue weighted by atomic mass is 10.1. The third-order valence-corrected chi connectivity index (χ3v) is 3.19. The van der Waals surface area contributed by atoms with E-state index < -0.39 is 12.7 Å². The number of ether oxygens (including phenoxy) is 1. The molecule has 2 unspecified atom stereocenters. The molecule has 1 heterocycles. The Bertz CT molecular complexity index is 321. The van der Waals surface area contributed by atoms with Crippen LogP contribution in [0.5, 0.6) is 0 Å². The van der Waals surface area contributed by atoms with Gasteiger partial charge < -0.3 is 10.1 Å². The zero-order valence-corrected chi connectivity index (χ0v) is 12.2. The van der Waals surface area contributed by atoms with E-state index in [9.17, 15) is 18.0 Å². The van der Waals surface area contributed by atoms with Crippen LogP contribution < -0.4 is 5.32 Å². The van der Waals surface area contributed by atoms with Crippen LogP contribution in [0.3, 0.4) is 0 Å². The van der Waals surface area contributed by atoms with Gasteiger partial charge in [-0.15, -0.1) is 0 Å². The Morgan fingerprint density at radius 3 is 2.60 bits per heavy atom. The van der Waals surface area contributed by atoms with E-state index in [-0.39, 0.29) is 24.2 Å². The molecular formula is C13H23F3N2O2. The Labute approximate surface area is 117 Å². The highest BCUT2D eigenvalue weighted by Crippen LogP contribution is 2.19. The van der Waals surface area contributed by atoms with E-state index in [2.05, 4.69) is 5.32 Å². The minimum absolute atomic E-state index is 0.0791. The predicted molar refractivity (Wildman–Crippen MR) is 69.3 cm³/mol. The van der Waals surface area contributed by atoms with Crippen LogP contribution in [0, 0.1) is 0 Å². The van der Waals surface area contributed by atoms with E-state index in [4.69, 9.17) is 4.74 Å². The first-order valence-corrected chi connectivity index (χ1v) is 6.89. The van der Waals surface area contributed by atoms with Gasteiger partial charge in [0.25, 0.3) is 0 Å². The van der Waals surface area contributed by atoms with Crippen molar-refractivity contribution in [2.24, 2.45) is 0 Å². The molecule has 4 nitrogen and oxygen atoms in total. The summed E-state index contributed by atoms with van der Waals surface area (Å²) < 4.78 is 41.6. The van der Waals surface area contributed by atoms with Crippen molar-refractivity contribution in [1.82, 2.24) is 10.2 Å². The number of carbonyl (C=O) groups excluding carboxylic acids is 1. The van der Waals surface area contributed by atoms with E-state index in [1.807, 2.05) is 0 Å². The van der Waals surface area contributed by atoms with Gasteiger partial charge in [-0.1, -0.05) is 0 Å². The average Bonchev–Trinajstić information content (AvgIpc) is 2.71. The molecule has 1 aliphatic heterocycles. The fraction of sp³-hybridized carbons (Fsp3) is 0.923. The number of nitrogens with zero attached hydrogens (tertiary/aromatic N) is 1. The lowest BCUT2D eigenvalue weighted by molar-refractivity contribution is -0.149. The van der Waals surface area contributed by atoms with Gasteiger partial charge in [0.1, 0.15) is 6.04 Å². The largest absolute Gasteiger partial charge is 0.462 e. The molecule has 1 N–H and O–H groups in total. The van der Waals surface area contributed by atoms with Crippen molar-refractivity contribution < 1.29 is 22.7 Å². The van der Waals surface area contributed by atoms with E-state index in [1.165, 1.54) is 11.9 Å². The summed E-state index contributed by atoms with van der Waals surface area (Å²) in [4.78, 5) is 12.9. The predicted octanol–water partition coefficient (Wildman–Crippen LogP) is 1.94. The van der Waals surface area contributed by atoms with Gasteiger partial charge >= 0.3 is 12.1 Å². The maximum absolute atomic E-state index is 12.2. The van der Waals surface area contributed by atoms with Gasteiger partial charge in [-0.2, -0.15) is 13.2 Å². The Balaban J connectivity index is 2.26. The van der Waals surface area contributed by atoms with Gasteiger partial charge in [-0.3, -0.25) is 9.69 Å². The number of esters is 1. The Kier molecular flexibility index (Phi) is 6.26. The van der Waals surface area contributed by atoms with E-state index in [1.54, 1.807) is 13.8 Å². The molecule has 1 fully saturated rings. The molecule has 0 aromatic carbocycles. The first kappa shape index (κ1) is 17.2. The summed E-state index contributed by atoms with van der Waals surface area (Å²) in [6.07, 6.45) is -2.25. The van der Waals surface area contributed by atoms with E-state index in [0.29, 0.717) is 19.4 Å². The van der Waals surface area contributed by atoms with Crippen molar-refractivity contribution in [3.05, 3.63) is 0 Å². The molecule has 1 saturated heterocycles. The second-order valence-corrected chi connectivity index (χ2v) is 5.62. The second kappa shape index (κ2) is 7.26. The molecule has 0 spiro atoms. The van der Waals surface area contributed by atoms with Gasteiger partial charge in [0, 0.05) is 6.04 Å². The average molecular weight is 296 g/mol. The highest BCUT2D eigenvalue weighted by molar-refractivity contribution is 5.76. The first-order chi connectivity index (χ1) is 9.17. The molecule has 0 radical (unpaired) electrons. The Morgan fingerprint density at radius 1 is 1.40 bits per heavy atom. The lowest BCUT2D eigenvalue weighted by Gasteiger charge is -2.21. The van der Waals surface area contributed by atoms with Crippen molar-refractivity contribution in [3.8, 4) is 0 Å². The highest BCUT2D eigenvalue weighted by atomic mass is 19.4. The van der Waals surface area contributed by atoms with Gasteiger partial charge in [-0.05, 0) is 46.7 Å².